The van der Waals surface area contributed by atoms with E-state index in [2.05, 4.69) is 30.4 Å². The highest BCUT2D eigenvalue weighted by molar-refractivity contribution is 5.97. The summed E-state index contributed by atoms with van der Waals surface area (Å²) in [4.78, 5) is 14.7. The number of hydrogen-bond acceptors (Lipinski definition) is 2. The Morgan fingerprint density at radius 3 is 3.00 bits per heavy atom. The molecular weight excluding hydrogens is 224 g/mol. The summed E-state index contributed by atoms with van der Waals surface area (Å²) < 4.78 is 0. The molecule has 1 aromatic carbocycles. The van der Waals surface area contributed by atoms with Crippen LogP contribution in [0.2, 0.25) is 0 Å². The van der Waals surface area contributed by atoms with Crippen molar-refractivity contribution in [2.75, 3.05) is 18.0 Å². The fourth-order valence-electron chi connectivity index (χ4n) is 3.16. The summed E-state index contributed by atoms with van der Waals surface area (Å²) in [6.07, 6.45) is 3.12. The normalized spacial score (nSPS) is 27.1. The summed E-state index contributed by atoms with van der Waals surface area (Å²) in [5.41, 5.74) is 2.43. The Labute approximate surface area is 108 Å². The van der Waals surface area contributed by atoms with Crippen LogP contribution >= 0.6 is 0 Å². The molecule has 0 bridgehead atoms. The number of nitrogens with one attached hydrogen (secondary N) is 1. The Hall–Kier alpha value is -1.35. The van der Waals surface area contributed by atoms with Crippen LogP contribution in [0.3, 0.4) is 0 Å². The van der Waals surface area contributed by atoms with Gasteiger partial charge in [-0.15, -0.1) is 0 Å². The molecule has 0 saturated carbocycles. The van der Waals surface area contributed by atoms with Crippen LogP contribution in [0.5, 0.6) is 0 Å². The monoisotopic (exact) mass is 244 g/mol. The van der Waals surface area contributed by atoms with Gasteiger partial charge in [-0.25, -0.2) is 0 Å². The smallest absolute Gasteiger partial charge is 0.231 e. The van der Waals surface area contributed by atoms with Crippen molar-refractivity contribution in [1.29, 1.82) is 0 Å². The van der Waals surface area contributed by atoms with Gasteiger partial charge >= 0.3 is 0 Å². The third-order valence-electron chi connectivity index (χ3n) is 4.09. The van der Waals surface area contributed by atoms with Gasteiger partial charge in [-0.05, 0) is 44.4 Å². The average molecular weight is 244 g/mol. The Morgan fingerprint density at radius 1 is 1.39 bits per heavy atom. The Morgan fingerprint density at radius 2 is 2.22 bits per heavy atom. The zero-order valence-corrected chi connectivity index (χ0v) is 10.9. The van der Waals surface area contributed by atoms with Crippen LogP contribution in [0.4, 0.5) is 5.69 Å². The predicted molar refractivity (Wildman–Crippen MR) is 72.7 cm³/mol. The van der Waals surface area contributed by atoms with Gasteiger partial charge in [-0.3, -0.25) is 4.79 Å². The van der Waals surface area contributed by atoms with Crippen molar-refractivity contribution in [3.05, 3.63) is 29.8 Å². The van der Waals surface area contributed by atoms with E-state index in [4.69, 9.17) is 0 Å². The molecule has 2 heterocycles. The van der Waals surface area contributed by atoms with E-state index < -0.39 is 0 Å². The van der Waals surface area contributed by atoms with Crippen molar-refractivity contribution in [1.82, 2.24) is 5.32 Å². The minimum atomic E-state index is 0.160. The van der Waals surface area contributed by atoms with Crippen molar-refractivity contribution >= 4 is 11.6 Å². The summed E-state index contributed by atoms with van der Waals surface area (Å²) in [6, 6.07) is 8.60. The molecule has 2 aliphatic heterocycles. The lowest BCUT2D eigenvalue weighted by Crippen LogP contribution is -2.45. The highest BCUT2D eigenvalue weighted by Crippen LogP contribution is 2.33. The highest BCUT2D eigenvalue weighted by atomic mass is 16.2. The van der Waals surface area contributed by atoms with Crippen molar-refractivity contribution in [2.45, 2.75) is 32.2 Å². The number of fused-ring (bicyclic) bond motifs is 1. The maximum absolute atomic E-state index is 12.7. The molecule has 1 amide bonds. The number of carbonyl (C=O) groups excluding carboxylic acids is 1. The van der Waals surface area contributed by atoms with E-state index in [9.17, 15) is 4.79 Å². The van der Waals surface area contributed by atoms with E-state index in [1.807, 2.05) is 11.0 Å². The molecule has 0 unspecified atom stereocenters. The van der Waals surface area contributed by atoms with E-state index in [0.29, 0.717) is 11.9 Å². The van der Waals surface area contributed by atoms with Crippen molar-refractivity contribution in [3.8, 4) is 0 Å². The average Bonchev–Trinajstić information content (AvgIpc) is 2.75. The van der Waals surface area contributed by atoms with Crippen LogP contribution in [0.25, 0.3) is 0 Å². The number of para-hydroxylation sites is 1. The van der Waals surface area contributed by atoms with E-state index in [1.165, 1.54) is 5.56 Å². The van der Waals surface area contributed by atoms with Crippen LogP contribution in [0, 0.1) is 5.92 Å². The van der Waals surface area contributed by atoms with Crippen molar-refractivity contribution in [2.24, 2.45) is 5.92 Å². The lowest BCUT2D eigenvalue weighted by atomic mass is 9.97. The van der Waals surface area contributed by atoms with Crippen LogP contribution in [-0.2, 0) is 11.2 Å². The quantitative estimate of drug-likeness (QED) is 0.819. The molecule has 96 valence electrons. The summed E-state index contributed by atoms with van der Waals surface area (Å²) in [7, 11) is 0. The maximum Gasteiger partial charge on any atom is 0.231 e. The third kappa shape index (κ3) is 1.93. The minimum absolute atomic E-state index is 0.160. The number of benzene rings is 1. The Bertz CT molecular complexity index is 452. The number of nitrogens with zero attached hydrogens (tertiary/aromatic N) is 1. The summed E-state index contributed by atoms with van der Waals surface area (Å²) in [6.45, 7) is 4.04. The lowest BCUT2D eigenvalue weighted by Gasteiger charge is -2.30. The Kier molecular flexibility index (Phi) is 3.08. The first-order valence-electron chi connectivity index (χ1n) is 6.89. The van der Waals surface area contributed by atoms with Gasteiger partial charge < -0.3 is 10.2 Å². The SMILES string of the molecule is C[C@@H]1Cc2ccccc2N1C(=O)[C@H]1CCCNC1. The fraction of sp³-hybridized carbons (Fsp3) is 0.533. The number of hydrogen-bond donors (Lipinski definition) is 1. The molecule has 1 fully saturated rings. The molecule has 18 heavy (non-hydrogen) atoms. The molecule has 0 spiro atoms. The molecule has 0 radical (unpaired) electrons. The van der Waals surface area contributed by atoms with E-state index >= 15 is 0 Å². The first kappa shape index (κ1) is 11.7. The van der Waals surface area contributed by atoms with Gasteiger partial charge in [0.25, 0.3) is 0 Å². The second-order valence-electron chi connectivity index (χ2n) is 5.43. The van der Waals surface area contributed by atoms with Gasteiger partial charge in [0, 0.05) is 18.3 Å². The summed E-state index contributed by atoms with van der Waals surface area (Å²) in [5, 5.41) is 3.33. The van der Waals surface area contributed by atoms with Crippen LogP contribution < -0.4 is 10.2 Å². The second-order valence-corrected chi connectivity index (χ2v) is 5.43. The molecule has 1 saturated heterocycles. The lowest BCUT2D eigenvalue weighted by molar-refractivity contribution is -0.123. The summed E-state index contributed by atoms with van der Waals surface area (Å²) >= 11 is 0. The van der Waals surface area contributed by atoms with Crippen LogP contribution in [0.15, 0.2) is 24.3 Å². The van der Waals surface area contributed by atoms with Crippen LogP contribution in [0.1, 0.15) is 25.3 Å². The van der Waals surface area contributed by atoms with Gasteiger partial charge in [0.05, 0.1) is 5.92 Å². The number of piperidine rings is 1. The first-order chi connectivity index (χ1) is 8.77. The zero-order valence-electron chi connectivity index (χ0n) is 10.9. The topological polar surface area (TPSA) is 32.3 Å². The summed E-state index contributed by atoms with van der Waals surface area (Å²) in [5.74, 6) is 0.465. The predicted octanol–water partition coefficient (Wildman–Crippen LogP) is 1.96. The minimum Gasteiger partial charge on any atom is -0.316 e. The first-order valence-corrected chi connectivity index (χ1v) is 6.89. The third-order valence-corrected chi connectivity index (χ3v) is 4.09. The van der Waals surface area contributed by atoms with E-state index in [-0.39, 0.29) is 5.92 Å². The van der Waals surface area contributed by atoms with Gasteiger partial charge in [0.1, 0.15) is 0 Å². The molecule has 3 rings (SSSR count). The van der Waals surface area contributed by atoms with Gasteiger partial charge in [-0.2, -0.15) is 0 Å². The molecule has 1 N–H and O–H groups in total. The molecule has 2 atom stereocenters. The number of anilines is 1. The highest BCUT2D eigenvalue weighted by Gasteiger charge is 2.34. The number of amides is 1. The van der Waals surface area contributed by atoms with Gasteiger partial charge in [-0.1, -0.05) is 18.2 Å². The molecule has 0 aromatic heterocycles. The molecule has 2 aliphatic rings. The van der Waals surface area contributed by atoms with Gasteiger partial charge in [0.2, 0.25) is 5.91 Å². The largest absolute Gasteiger partial charge is 0.316 e. The van der Waals surface area contributed by atoms with E-state index in [1.54, 1.807) is 0 Å². The molecule has 0 aliphatic carbocycles. The molecular formula is C15H20N2O. The van der Waals surface area contributed by atoms with Gasteiger partial charge in [0.15, 0.2) is 0 Å². The molecule has 3 heteroatoms. The fourth-order valence-corrected chi connectivity index (χ4v) is 3.16. The Balaban J connectivity index is 1.85. The molecule has 1 aromatic rings. The second kappa shape index (κ2) is 4.73. The van der Waals surface area contributed by atoms with Crippen molar-refractivity contribution in [3.63, 3.8) is 0 Å². The van der Waals surface area contributed by atoms with E-state index in [0.717, 1.165) is 38.0 Å². The van der Waals surface area contributed by atoms with Crippen LogP contribution in [-0.4, -0.2) is 25.0 Å². The standard InChI is InChI=1S/C15H20N2O/c1-11-9-12-5-2-3-7-14(12)17(11)15(18)13-6-4-8-16-10-13/h2-3,5,7,11,13,16H,4,6,8-10H2,1H3/t11-,13+/m1/s1. The number of carbonyl (C=O) groups is 1. The van der Waals surface area contributed by atoms with Crippen molar-refractivity contribution < 1.29 is 4.79 Å². The molecule has 3 nitrogen and oxygen atoms in total. The number of rotatable bonds is 1. The zero-order chi connectivity index (χ0) is 12.5. The maximum atomic E-state index is 12.7.